The molecule has 0 fully saturated rings. The molecule has 0 aliphatic heterocycles. The molecule has 0 spiro atoms. The lowest BCUT2D eigenvalue weighted by Crippen LogP contribution is -2.11. The highest BCUT2D eigenvalue weighted by Gasteiger charge is 2.10. The second-order valence-corrected chi connectivity index (χ2v) is 5.50. The number of fused-ring (bicyclic) bond motifs is 3. The molecule has 1 N–H and O–H groups in total. The second kappa shape index (κ2) is 5.25. The van der Waals surface area contributed by atoms with Crippen LogP contribution in [-0.2, 0) is 7.05 Å². The molecule has 0 bridgehead atoms. The highest BCUT2D eigenvalue weighted by molar-refractivity contribution is 6.11. The molecule has 0 aliphatic rings. The fourth-order valence-electron chi connectivity index (χ4n) is 2.95. The number of nitrogens with zero attached hydrogens (tertiary/aromatic N) is 2. The number of para-hydroxylation sites is 1. The van der Waals surface area contributed by atoms with Crippen LogP contribution in [0.25, 0.3) is 21.8 Å². The molecule has 0 saturated carbocycles. The van der Waals surface area contributed by atoms with Crippen molar-refractivity contribution in [2.75, 3.05) is 5.32 Å². The maximum atomic E-state index is 12.3. The molecule has 112 valence electrons. The Balaban J connectivity index is 1.77. The van der Waals surface area contributed by atoms with Gasteiger partial charge in [0.25, 0.3) is 5.91 Å². The molecule has 23 heavy (non-hydrogen) atoms. The molecule has 4 nitrogen and oxygen atoms in total. The Morgan fingerprint density at radius 1 is 0.957 bits per heavy atom. The van der Waals surface area contributed by atoms with Gasteiger partial charge in [-0.15, -0.1) is 0 Å². The molecule has 2 heterocycles. The summed E-state index contributed by atoms with van der Waals surface area (Å²) in [6, 6.07) is 17.7. The quantitative estimate of drug-likeness (QED) is 0.609. The van der Waals surface area contributed by atoms with Crippen molar-refractivity contribution in [1.29, 1.82) is 0 Å². The molecular formula is C19H15N3O. The van der Waals surface area contributed by atoms with Crippen LogP contribution in [0.4, 0.5) is 5.69 Å². The van der Waals surface area contributed by atoms with Gasteiger partial charge in [0.2, 0.25) is 0 Å². The summed E-state index contributed by atoms with van der Waals surface area (Å²) in [5.41, 5.74) is 3.71. The van der Waals surface area contributed by atoms with Gasteiger partial charge in [-0.05, 0) is 36.4 Å². The van der Waals surface area contributed by atoms with E-state index in [0.29, 0.717) is 5.56 Å². The monoisotopic (exact) mass is 301 g/mol. The van der Waals surface area contributed by atoms with Crippen molar-refractivity contribution in [3.05, 3.63) is 72.6 Å². The first-order valence-electron chi connectivity index (χ1n) is 7.42. The van der Waals surface area contributed by atoms with Gasteiger partial charge in [-0.2, -0.15) is 0 Å². The summed E-state index contributed by atoms with van der Waals surface area (Å²) in [7, 11) is 2.06. The minimum absolute atomic E-state index is 0.132. The number of pyridine rings is 1. The van der Waals surface area contributed by atoms with Gasteiger partial charge in [0.1, 0.15) is 0 Å². The van der Waals surface area contributed by atoms with E-state index >= 15 is 0 Å². The highest BCUT2D eigenvalue weighted by atomic mass is 16.1. The van der Waals surface area contributed by atoms with E-state index < -0.39 is 0 Å². The number of aromatic nitrogens is 2. The molecule has 0 aliphatic carbocycles. The third-order valence-electron chi connectivity index (χ3n) is 4.11. The van der Waals surface area contributed by atoms with E-state index in [-0.39, 0.29) is 5.91 Å². The van der Waals surface area contributed by atoms with Crippen LogP contribution in [-0.4, -0.2) is 15.5 Å². The zero-order chi connectivity index (χ0) is 15.8. The number of hydrogen-bond acceptors (Lipinski definition) is 2. The Morgan fingerprint density at radius 3 is 2.52 bits per heavy atom. The number of rotatable bonds is 2. The van der Waals surface area contributed by atoms with E-state index in [2.05, 4.69) is 34.0 Å². The van der Waals surface area contributed by atoms with Crippen LogP contribution in [0, 0.1) is 0 Å². The molecule has 2 aromatic heterocycles. The van der Waals surface area contributed by atoms with E-state index in [4.69, 9.17) is 0 Å². The molecule has 0 radical (unpaired) electrons. The summed E-state index contributed by atoms with van der Waals surface area (Å²) in [5, 5.41) is 5.27. The zero-order valence-electron chi connectivity index (χ0n) is 12.7. The topological polar surface area (TPSA) is 46.9 Å². The van der Waals surface area contributed by atoms with Gasteiger partial charge in [-0.25, -0.2) is 0 Å². The predicted octanol–water partition coefficient (Wildman–Crippen LogP) is 3.98. The highest BCUT2D eigenvalue weighted by Crippen LogP contribution is 2.30. The van der Waals surface area contributed by atoms with Gasteiger partial charge < -0.3 is 9.88 Å². The second-order valence-electron chi connectivity index (χ2n) is 5.50. The molecule has 4 aromatic rings. The van der Waals surface area contributed by atoms with Crippen LogP contribution in [0.15, 0.2) is 67.0 Å². The average Bonchev–Trinajstić information content (AvgIpc) is 2.89. The predicted molar refractivity (Wildman–Crippen MR) is 92.6 cm³/mol. The fourth-order valence-corrected chi connectivity index (χ4v) is 2.95. The smallest absolute Gasteiger partial charge is 0.255 e. The summed E-state index contributed by atoms with van der Waals surface area (Å²) >= 11 is 0. The Hall–Kier alpha value is -3.14. The van der Waals surface area contributed by atoms with Crippen LogP contribution in [0.5, 0.6) is 0 Å². The van der Waals surface area contributed by atoms with Crippen molar-refractivity contribution in [2.24, 2.45) is 7.05 Å². The number of benzene rings is 2. The van der Waals surface area contributed by atoms with E-state index in [9.17, 15) is 4.79 Å². The summed E-state index contributed by atoms with van der Waals surface area (Å²) in [5.74, 6) is -0.132. The lowest BCUT2D eigenvalue weighted by molar-refractivity contribution is 0.102. The first-order chi connectivity index (χ1) is 11.2. The normalized spacial score (nSPS) is 11.0. The van der Waals surface area contributed by atoms with Crippen molar-refractivity contribution in [1.82, 2.24) is 9.55 Å². The zero-order valence-corrected chi connectivity index (χ0v) is 12.7. The third kappa shape index (κ3) is 2.25. The molecular weight excluding hydrogens is 286 g/mol. The van der Waals surface area contributed by atoms with Crippen molar-refractivity contribution < 1.29 is 4.79 Å². The number of amides is 1. The van der Waals surface area contributed by atoms with Gasteiger partial charge >= 0.3 is 0 Å². The van der Waals surface area contributed by atoms with Crippen molar-refractivity contribution >= 4 is 33.4 Å². The third-order valence-corrected chi connectivity index (χ3v) is 4.11. The van der Waals surface area contributed by atoms with Gasteiger partial charge in [-0.1, -0.05) is 18.2 Å². The first-order valence-corrected chi connectivity index (χ1v) is 7.42. The number of carbonyl (C=O) groups is 1. The van der Waals surface area contributed by atoms with Gasteiger partial charge in [0.05, 0.1) is 0 Å². The summed E-state index contributed by atoms with van der Waals surface area (Å²) in [6.45, 7) is 0. The molecule has 4 heteroatoms. The van der Waals surface area contributed by atoms with Crippen molar-refractivity contribution in [2.45, 2.75) is 0 Å². The Morgan fingerprint density at radius 2 is 1.70 bits per heavy atom. The molecule has 0 saturated heterocycles. The summed E-state index contributed by atoms with van der Waals surface area (Å²) in [4.78, 5) is 16.2. The Bertz CT molecular complexity index is 1020. The van der Waals surface area contributed by atoms with Crippen LogP contribution in [0.2, 0.25) is 0 Å². The minimum Gasteiger partial charge on any atom is -0.344 e. The standard InChI is InChI=1S/C19H15N3O/c1-22-17-5-3-2-4-15(17)16-12-14(6-7-18(16)22)21-19(23)13-8-10-20-11-9-13/h2-12H,1H3,(H,21,23). The molecule has 4 rings (SSSR count). The Kier molecular flexibility index (Phi) is 3.08. The maximum absolute atomic E-state index is 12.3. The van der Waals surface area contributed by atoms with Crippen LogP contribution in [0.1, 0.15) is 10.4 Å². The SMILES string of the molecule is Cn1c2ccccc2c2cc(NC(=O)c3ccncc3)ccc21. The van der Waals surface area contributed by atoms with Gasteiger partial charge in [0, 0.05) is 52.5 Å². The lowest BCUT2D eigenvalue weighted by Gasteiger charge is -2.06. The number of nitrogens with one attached hydrogen (secondary N) is 1. The van der Waals surface area contributed by atoms with Crippen LogP contribution in [0.3, 0.4) is 0 Å². The number of hydrogen-bond donors (Lipinski definition) is 1. The van der Waals surface area contributed by atoms with Crippen LogP contribution < -0.4 is 5.32 Å². The van der Waals surface area contributed by atoms with Gasteiger partial charge in [-0.3, -0.25) is 9.78 Å². The van der Waals surface area contributed by atoms with Gasteiger partial charge in [0.15, 0.2) is 0 Å². The van der Waals surface area contributed by atoms with Crippen molar-refractivity contribution in [3.8, 4) is 0 Å². The fraction of sp³-hybridized carbons (Fsp3) is 0.0526. The summed E-state index contributed by atoms with van der Waals surface area (Å²) in [6.07, 6.45) is 3.23. The average molecular weight is 301 g/mol. The molecule has 0 atom stereocenters. The maximum Gasteiger partial charge on any atom is 0.255 e. The van der Waals surface area contributed by atoms with Crippen LogP contribution >= 0.6 is 0 Å². The Labute approximate surface area is 133 Å². The number of anilines is 1. The van der Waals surface area contributed by atoms with Crippen molar-refractivity contribution in [3.63, 3.8) is 0 Å². The minimum atomic E-state index is -0.132. The van der Waals surface area contributed by atoms with E-state index in [1.807, 2.05) is 30.3 Å². The molecule has 2 aromatic carbocycles. The number of carbonyl (C=O) groups excluding carboxylic acids is 1. The first kappa shape index (κ1) is 13.5. The number of aryl methyl sites for hydroxylation is 1. The van der Waals surface area contributed by atoms with E-state index in [1.54, 1.807) is 24.5 Å². The largest absolute Gasteiger partial charge is 0.344 e. The lowest BCUT2D eigenvalue weighted by atomic mass is 10.1. The van der Waals surface area contributed by atoms with E-state index in [1.165, 1.54) is 10.9 Å². The molecule has 1 amide bonds. The van der Waals surface area contributed by atoms with E-state index in [0.717, 1.165) is 16.6 Å². The summed E-state index contributed by atoms with van der Waals surface area (Å²) < 4.78 is 2.17. The molecule has 0 unspecified atom stereocenters.